The van der Waals surface area contributed by atoms with Crippen LogP contribution in [0.25, 0.3) is 0 Å². The van der Waals surface area contributed by atoms with Crippen LogP contribution < -0.4 is 0 Å². The zero-order valence-electron chi connectivity index (χ0n) is 8.97. The third-order valence-electron chi connectivity index (χ3n) is 2.44. The molecular weight excluding hydrogens is 224 g/mol. The van der Waals surface area contributed by atoms with E-state index >= 15 is 0 Å². The standard InChI is InChI=1S/C12H13ClN2O/c1-15-7-11(14-8-15)12(16)6-9-4-2-3-5-10(9)13/h2-5,7-8,12,16H,6H2,1H3. The van der Waals surface area contributed by atoms with E-state index < -0.39 is 6.10 Å². The summed E-state index contributed by atoms with van der Waals surface area (Å²) in [6.45, 7) is 0. The van der Waals surface area contributed by atoms with E-state index in [4.69, 9.17) is 11.6 Å². The zero-order valence-corrected chi connectivity index (χ0v) is 9.72. The molecule has 0 fully saturated rings. The fraction of sp³-hybridized carbons (Fsp3) is 0.250. The van der Waals surface area contributed by atoms with Gasteiger partial charge in [-0.2, -0.15) is 0 Å². The molecule has 0 aliphatic heterocycles. The molecule has 0 aliphatic rings. The van der Waals surface area contributed by atoms with Gasteiger partial charge in [0.1, 0.15) is 6.10 Å². The number of aliphatic hydroxyl groups is 1. The third kappa shape index (κ3) is 2.43. The normalized spacial score (nSPS) is 12.7. The summed E-state index contributed by atoms with van der Waals surface area (Å²) in [5.41, 5.74) is 1.60. The predicted octanol–water partition coefficient (Wildman–Crippen LogP) is 2.35. The van der Waals surface area contributed by atoms with E-state index in [0.717, 1.165) is 5.56 Å². The van der Waals surface area contributed by atoms with E-state index in [9.17, 15) is 5.11 Å². The maximum atomic E-state index is 9.98. The van der Waals surface area contributed by atoms with Gasteiger partial charge in [-0.3, -0.25) is 0 Å². The number of benzene rings is 1. The van der Waals surface area contributed by atoms with Crippen LogP contribution in [0, 0.1) is 0 Å². The lowest BCUT2D eigenvalue weighted by atomic mass is 10.1. The number of halogens is 1. The summed E-state index contributed by atoms with van der Waals surface area (Å²) in [4.78, 5) is 4.11. The molecule has 0 aliphatic carbocycles. The van der Waals surface area contributed by atoms with Gasteiger partial charge in [0, 0.05) is 24.7 Å². The molecule has 3 nitrogen and oxygen atoms in total. The van der Waals surface area contributed by atoms with Crippen molar-refractivity contribution in [2.75, 3.05) is 0 Å². The molecule has 1 N–H and O–H groups in total. The number of aryl methyl sites for hydroxylation is 1. The molecule has 1 aromatic heterocycles. The number of nitrogens with zero attached hydrogens (tertiary/aromatic N) is 2. The maximum absolute atomic E-state index is 9.98. The third-order valence-corrected chi connectivity index (χ3v) is 2.81. The van der Waals surface area contributed by atoms with Gasteiger partial charge in [-0.25, -0.2) is 4.98 Å². The average molecular weight is 237 g/mol. The van der Waals surface area contributed by atoms with Crippen molar-refractivity contribution in [1.82, 2.24) is 9.55 Å². The molecule has 0 bridgehead atoms. The zero-order chi connectivity index (χ0) is 11.5. The summed E-state index contributed by atoms with van der Waals surface area (Å²) in [5, 5.41) is 10.7. The van der Waals surface area contributed by atoms with Crippen LogP contribution in [0.4, 0.5) is 0 Å². The van der Waals surface area contributed by atoms with Crippen molar-refractivity contribution in [3.8, 4) is 0 Å². The van der Waals surface area contributed by atoms with Gasteiger partial charge in [-0.15, -0.1) is 0 Å². The monoisotopic (exact) mass is 236 g/mol. The lowest BCUT2D eigenvalue weighted by molar-refractivity contribution is 0.174. The Hall–Kier alpha value is -1.32. The largest absolute Gasteiger partial charge is 0.386 e. The maximum Gasteiger partial charge on any atom is 0.102 e. The molecule has 0 radical (unpaired) electrons. The molecule has 2 rings (SSSR count). The number of rotatable bonds is 3. The van der Waals surface area contributed by atoms with Crippen LogP contribution in [0.2, 0.25) is 5.02 Å². The van der Waals surface area contributed by atoms with Gasteiger partial charge < -0.3 is 9.67 Å². The van der Waals surface area contributed by atoms with Crippen molar-refractivity contribution >= 4 is 11.6 Å². The fourth-order valence-corrected chi connectivity index (χ4v) is 1.79. The molecule has 0 amide bonds. The highest BCUT2D eigenvalue weighted by molar-refractivity contribution is 6.31. The number of aliphatic hydroxyl groups excluding tert-OH is 1. The molecule has 1 aromatic carbocycles. The first kappa shape index (κ1) is 11.2. The summed E-state index contributed by atoms with van der Waals surface area (Å²) >= 11 is 6.02. The average Bonchev–Trinajstić information content (AvgIpc) is 2.68. The van der Waals surface area contributed by atoms with Gasteiger partial charge in [0.05, 0.1) is 12.0 Å². The lowest BCUT2D eigenvalue weighted by Gasteiger charge is -2.09. The van der Waals surface area contributed by atoms with Crippen molar-refractivity contribution in [2.24, 2.45) is 7.05 Å². The second kappa shape index (κ2) is 4.68. The van der Waals surface area contributed by atoms with Gasteiger partial charge >= 0.3 is 0 Å². The minimum atomic E-state index is -0.610. The van der Waals surface area contributed by atoms with Crippen LogP contribution in [-0.4, -0.2) is 14.7 Å². The van der Waals surface area contributed by atoms with E-state index in [-0.39, 0.29) is 0 Å². The van der Waals surface area contributed by atoms with Gasteiger partial charge in [-0.1, -0.05) is 29.8 Å². The van der Waals surface area contributed by atoms with Gasteiger partial charge in [-0.05, 0) is 11.6 Å². The Labute approximate surface area is 99.3 Å². The summed E-state index contributed by atoms with van der Waals surface area (Å²) in [6.07, 6.45) is 3.35. The second-order valence-electron chi connectivity index (χ2n) is 3.78. The predicted molar refractivity (Wildman–Crippen MR) is 63.3 cm³/mol. The Morgan fingerprint density at radius 2 is 2.19 bits per heavy atom. The molecule has 16 heavy (non-hydrogen) atoms. The topological polar surface area (TPSA) is 38.0 Å². The van der Waals surface area contributed by atoms with E-state index in [1.54, 1.807) is 6.33 Å². The minimum Gasteiger partial charge on any atom is -0.386 e. The highest BCUT2D eigenvalue weighted by Crippen LogP contribution is 2.22. The minimum absolute atomic E-state index is 0.483. The van der Waals surface area contributed by atoms with Crippen LogP contribution in [0.15, 0.2) is 36.8 Å². The fourth-order valence-electron chi connectivity index (χ4n) is 1.58. The van der Waals surface area contributed by atoms with Crippen LogP contribution in [0.1, 0.15) is 17.4 Å². The molecule has 4 heteroatoms. The Morgan fingerprint density at radius 1 is 1.44 bits per heavy atom. The number of aromatic nitrogens is 2. The molecule has 84 valence electrons. The molecule has 1 heterocycles. The van der Waals surface area contributed by atoms with Crippen LogP contribution in [0.5, 0.6) is 0 Å². The molecule has 2 aromatic rings. The smallest absolute Gasteiger partial charge is 0.102 e. The van der Waals surface area contributed by atoms with Crippen molar-refractivity contribution in [1.29, 1.82) is 0 Å². The molecule has 1 atom stereocenters. The van der Waals surface area contributed by atoms with E-state index in [1.165, 1.54) is 0 Å². The first-order valence-corrected chi connectivity index (χ1v) is 5.44. The highest BCUT2D eigenvalue weighted by Gasteiger charge is 2.12. The summed E-state index contributed by atoms with van der Waals surface area (Å²) in [6, 6.07) is 7.52. The lowest BCUT2D eigenvalue weighted by Crippen LogP contribution is -2.02. The Kier molecular flexibility index (Phi) is 3.27. The van der Waals surface area contributed by atoms with Crippen LogP contribution in [0.3, 0.4) is 0 Å². The second-order valence-corrected chi connectivity index (χ2v) is 4.18. The highest BCUT2D eigenvalue weighted by atomic mass is 35.5. The molecule has 0 spiro atoms. The number of hydrogen-bond donors (Lipinski definition) is 1. The van der Waals surface area contributed by atoms with Crippen molar-refractivity contribution in [3.63, 3.8) is 0 Å². The molecule has 1 unspecified atom stereocenters. The Morgan fingerprint density at radius 3 is 2.81 bits per heavy atom. The first-order valence-electron chi connectivity index (χ1n) is 5.06. The van der Waals surface area contributed by atoms with E-state index in [0.29, 0.717) is 17.1 Å². The SMILES string of the molecule is Cn1cnc(C(O)Cc2ccccc2Cl)c1. The number of imidazole rings is 1. The Bertz CT molecular complexity index is 481. The van der Waals surface area contributed by atoms with Gasteiger partial charge in [0.15, 0.2) is 0 Å². The quantitative estimate of drug-likeness (QED) is 0.889. The molecular formula is C12H13ClN2O. The van der Waals surface area contributed by atoms with Crippen LogP contribution in [-0.2, 0) is 13.5 Å². The number of hydrogen-bond acceptors (Lipinski definition) is 2. The van der Waals surface area contributed by atoms with Gasteiger partial charge in [0.25, 0.3) is 0 Å². The van der Waals surface area contributed by atoms with Crippen LogP contribution >= 0.6 is 11.6 Å². The van der Waals surface area contributed by atoms with Crippen molar-refractivity contribution in [2.45, 2.75) is 12.5 Å². The summed E-state index contributed by atoms with van der Waals surface area (Å²) in [5.74, 6) is 0. The first-order chi connectivity index (χ1) is 7.66. The van der Waals surface area contributed by atoms with Crippen molar-refractivity contribution < 1.29 is 5.11 Å². The summed E-state index contributed by atoms with van der Waals surface area (Å²) < 4.78 is 1.81. The molecule has 0 saturated heterocycles. The van der Waals surface area contributed by atoms with Crippen molar-refractivity contribution in [3.05, 3.63) is 53.1 Å². The van der Waals surface area contributed by atoms with E-state index in [2.05, 4.69) is 4.98 Å². The van der Waals surface area contributed by atoms with Gasteiger partial charge in [0.2, 0.25) is 0 Å². The van der Waals surface area contributed by atoms with E-state index in [1.807, 2.05) is 42.1 Å². The summed E-state index contributed by atoms with van der Waals surface area (Å²) in [7, 11) is 1.87. The molecule has 0 saturated carbocycles. The Balaban J connectivity index is 2.13.